The molecule has 0 atom stereocenters. The molecule has 1 heterocycles. The van der Waals surface area contributed by atoms with Crippen molar-refractivity contribution in [2.24, 2.45) is 0 Å². The highest BCUT2D eigenvalue weighted by atomic mass is 32.1. The summed E-state index contributed by atoms with van der Waals surface area (Å²) in [4.78, 5) is 0.510. The number of nitrogens with zero attached hydrogens (tertiary/aromatic N) is 1. The lowest BCUT2D eigenvalue weighted by atomic mass is 9.97. The van der Waals surface area contributed by atoms with E-state index in [0.29, 0.717) is 20.4 Å². The van der Waals surface area contributed by atoms with Crippen molar-refractivity contribution in [1.82, 2.24) is 0 Å². The Morgan fingerprint density at radius 3 is 1.60 bits per heavy atom. The van der Waals surface area contributed by atoms with Crippen LogP contribution in [-0.4, -0.2) is 0 Å². The maximum Gasteiger partial charge on any atom is 0.0651 e. The Morgan fingerprint density at radius 2 is 0.942 bits per heavy atom. The Morgan fingerprint density at radius 1 is 0.385 bits per heavy atom. The molecule has 9 aromatic carbocycles. The minimum Gasteiger partial charge on any atom is -0.310 e. The molecule has 52 heavy (non-hydrogen) atoms. The van der Waals surface area contributed by atoms with Crippen molar-refractivity contribution in [3.8, 4) is 33.4 Å². The molecule has 1 nitrogen and oxygen atoms in total. The summed E-state index contributed by atoms with van der Waals surface area (Å²) in [7, 11) is 0. The fourth-order valence-electron chi connectivity index (χ4n) is 5.98. The largest absolute Gasteiger partial charge is 0.310 e. The van der Waals surface area contributed by atoms with Crippen molar-refractivity contribution in [2.75, 3.05) is 4.90 Å². The molecule has 0 aliphatic rings. The van der Waals surface area contributed by atoms with E-state index < -0.39 is 218 Å². The number of hydrogen-bond acceptors (Lipinski definition) is 2. The van der Waals surface area contributed by atoms with Gasteiger partial charge in [-0.3, -0.25) is 0 Å². The lowest BCUT2D eigenvalue weighted by molar-refractivity contribution is 1.28. The topological polar surface area (TPSA) is 3.24 Å². The molecule has 0 amide bonds. The summed E-state index contributed by atoms with van der Waals surface area (Å²) >= 11 is 1.37. The molecule has 0 aliphatic carbocycles. The van der Waals surface area contributed by atoms with E-state index in [1.165, 1.54) is 11.3 Å². The predicted octanol–water partition coefficient (Wildman–Crippen LogP) is 14.8. The van der Waals surface area contributed by atoms with Crippen LogP contribution in [-0.2, 0) is 0 Å². The van der Waals surface area contributed by atoms with Gasteiger partial charge in [-0.25, -0.2) is 0 Å². The van der Waals surface area contributed by atoms with Crippen LogP contribution in [0.4, 0.5) is 17.1 Å². The number of rotatable bonds is 6. The average molecular weight is 706 g/mol. The van der Waals surface area contributed by atoms with Crippen LogP contribution in [0.5, 0.6) is 0 Å². The first-order chi connectivity index (χ1) is 36.6. The van der Waals surface area contributed by atoms with Crippen molar-refractivity contribution >= 4 is 70.1 Å². The van der Waals surface area contributed by atoms with Gasteiger partial charge in [-0.2, -0.15) is 0 Å². The zero-order valence-corrected chi connectivity index (χ0v) is 27.2. The maximum absolute atomic E-state index is 10.0. The van der Waals surface area contributed by atoms with Crippen LogP contribution >= 0.6 is 11.3 Å². The molecule has 244 valence electrons. The van der Waals surface area contributed by atoms with Gasteiger partial charge in [0.2, 0.25) is 0 Å². The monoisotopic (exact) mass is 705 g/mol. The van der Waals surface area contributed by atoms with Crippen LogP contribution in [0.15, 0.2) is 200 Å². The van der Waals surface area contributed by atoms with Gasteiger partial charge in [0, 0.05) is 37.2 Å². The van der Waals surface area contributed by atoms with Crippen LogP contribution in [0.1, 0.15) is 35.6 Å². The smallest absolute Gasteiger partial charge is 0.0651 e. The van der Waals surface area contributed by atoms with Gasteiger partial charge in [-0.1, -0.05) is 151 Å². The summed E-state index contributed by atoms with van der Waals surface area (Å²) in [5.41, 5.74) is -6.22. The molecule has 0 radical (unpaired) electrons. The van der Waals surface area contributed by atoms with Gasteiger partial charge in [0.15, 0.2) is 0 Å². The third-order valence-corrected chi connectivity index (χ3v) is 9.44. The molecule has 10 aromatic rings. The van der Waals surface area contributed by atoms with E-state index >= 15 is 0 Å². The third-order valence-electron chi connectivity index (χ3n) is 8.30. The van der Waals surface area contributed by atoms with Crippen molar-refractivity contribution in [3.05, 3.63) is 200 Å². The van der Waals surface area contributed by atoms with E-state index in [1.807, 2.05) is 6.07 Å². The molecular formula is C50H33NS. The predicted molar refractivity (Wildman–Crippen MR) is 225 cm³/mol. The highest BCUT2D eigenvalue weighted by Gasteiger charge is 2.17. The summed E-state index contributed by atoms with van der Waals surface area (Å²) in [5, 5.41) is -1.23. The van der Waals surface area contributed by atoms with Crippen LogP contribution in [0.25, 0.3) is 75.1 Å². The molecule has 0 saturated heterocycles. The van der Waals surface area contributed by atoms with Crippen molar-refractivity contribution in [2.45, 2.75) is 0 Å². The van der Waals surface area contributed by atoms with Crippen molar-refractivity contribution in [1.29, 1.82) is 0 Å². The summed E-state index contributed by atoms with van der Waals surface area (Å²) < 4.78 is 238. The fourth-order valence-corrected chi connectivity index (χ4v) is 7.12. The second-order valence-corrected chi connectivity index (χ2v) is 12.4. The summed E-state index contributed by atoms with van der Waals surface area (Å²) in [6.07, 6.45) is 0. The Balaban J connectivity index is 1.38. The summed E-state index contributed by atoms with van der Waals surface area (Å²) in [6.45, 7) is 0. The van der Waals surface area contributed by atoms with E-state index in [1.54, 1.807) is 36.4 Å². The lowest BCUT2D eigenvalue weighted by Gasteiger charge is -2.26. The number of hydrogen-bond donors (Lipinski definition) is 0. The Labute approximate surface area is 343 Å². The SMILES string of the molecule is [2H]c1c([2H])c(-c2cccc3sc4ccccc4c23)c([2H])c(N(c2c([2H])c([2H])c(-c3c([2H])c([2H])c([2H])c4c([2H])c([2H])c([2H])c([2H])c34)c([2H])c2[2H])c2c([2H])c([2H])c(-c3c([2H])c([2H])c([2H])c4c([2H])c([2H])c([2H])c([2H])c34)c([2H])c2[2H])c1[2H]. The maximum atomic E-state index is 10.0. The first kappa shape index (κ1) is 13.9. The molecule has 0 saturated carbocycles. The average Bonchev–Trinajstić information content (AvgIpc) is 3.97. The fraction of sp³-hybridized carbons (Fsp3) is 0. The first-order valence-electron chi connectivity index (χ1n) is 28.7. The van der Waals surface area contributed by atoms with E-state index in [-0.39, 0.29) is 11.1 Å². The van der Waals surface area contributed by atoms with E-state index in [9.17, 15) is 16.4 Å². The van der Waals surface area contributed by atoms with Crippen LogP contribution in [0.2, 0.25) is 0 Å². The van der Waals surface area contributed by atoms with Gasteiger partial charge in [0.1, 0.15) is 0 Å². The van der Waals surface area contributed by atoms with Gasteiger partial charge in [-0.15, -0.1) is 11.3 Å². The molecule has 0 spiro atoms. The molecule has 1 aromatic heterocycles. The molecule has 0 bridgehead atoms. The van der Waals surface area contributed by atoms with Crippen molar-refractivity contribution in [3.63, 3.8) is 0 Å². The highest BCUT2D eigenvalue weighted by molar-refractivity contribution is 7.25. The zero-order chi connectivity index (χ0) is 57.1. The van der Waals surface area contributed by atoms with Gasteiger partial charge in [0.05, 0.1) is 35.6 Å². The second-order valence-electron chi connectivity index (χ2n) is 11.3. The number of benzene rings is 9. The third kappa shape index (κ3) is 5.24. The molecule has 10 rings (SSSR count). The standard InChI is InChI=1S/C50H33NS/c1-3-17-42-34(11-1)13-8-20-44(42)36-25-29-39(30-26-36)51(40-31-27-37(28-32-40)45-21-9-14-35-12-2-4-18-43(35)45)41-16-7-15-38(33-41)46-22-10-24-49-50(46)47-19-5-6-23-48(47)52-49/h1-33H/i1D,2D,3D,4D,7D,8D,9D,11D,12D,13D,14D,15D,16D,17D,18D,20D,21D,25D,26D,27D,28D,29D,30D,31D,32D,33D. The minimum absolute atomic E-state index is 0.173. The lowest BCUT2D eigenvalue weighted by Crippen LogP contribution is -2.10. The van der Waals surface area contributed by atoms with Crippen molar-refractivity contribution < 1.29 is 35.6 Å². The van der Waals surface area contributed by atoms with Crippen LogP contribution in [0, 0.1) is 0 Å². The van der Waals surface area contributed by atoms with Crippen LogP contribution in [0.3, 0.4) is 0 Å². The Hall–Kier alpha value is -6.48. The number of fused-ring (bicyclic) bond motifs is 5. The van der Waals surface area contributed by atoms with E-state index in [2.05, 4.69) is 0 Å². The van der Waals surface area contributed by atoms with Gasteiger partial charge in [-0.05, 0) is 103 Å². The zero-order valence-electron chi connectivity index (χ0n) is 52.4. The van der Waals surface area contributed by atoms with Gasteiger partial charge >= 0.3 is 0 Å². The van der Waals surface area contributed by atoms with Gasteiger partial charge < -0.3 is 4.90 Å². The number of anilines is 3. The quantitative estimate of drug-likeness (QED) is 0.166. The van der Waals surface area contributed by atoms with Crippen LogP contribution < -0.4 is 4.90 Å². The molecule has 0 aliphatic heterocycles. The van der Waals surface area contributed by atoms with Gasteiger partial charge in [0.25, 0.3) is 0 Å². The Kier molecular flexibility index (Phi) is 3.40. The summed E-state index contributed by atoms with van der Waals surface area (Å²) in [5.74, 6) is 0. The second kappa shape index (κ2) is 12.7. The molecule has 0 fully saturated rings. The normalized spacial score (nSPS) is 18.5. The molecule has 2 heteroatoms. The number of thiophene rings is 1. The molecule has 0 unspecified atom stereocenters. The Bertz CT molecular complexity index is 4150. The van der Waals surface area contributed by atoms with E-state index in [0.717, 1.165) is 4.70 Å². The molecular weight excluding hydrogens is 647 g/mol. The first-order valence-corrected chi connectivity index (χ1v) is 16.5. The summed E-state index contributed by atoms with van der Waals surface area (Å²) in [6, 6.07) is -12.5. The highest BCUT2D eigenvalue weighted by Crippen LogP contribution is 2.43. The minimum atomic E-state index is -1.17. The molecule has 0 N–H and O–H groups in total. The van der Waals surface area contributed by atoms with E-state index in [4.69, 9.17) is 19.2 Å².